The SMILES string of the molecule is Cc1cc(C#N)cc(SCC(C)CCl)n1. The first kappa shape index (κ1) is 12.4. The first-order valence-electron chi connectivity index (χ1n) is 4.73. The highest BCUT2D eigenvalue weighted by atomic mass is 35.5. The van der Waals surface area contributed by atoms with Crippen molar-refractivity contribution in [2.24, 2.45) is 5.92 Å². The van der Waals surface area contributed by atoms with Gasteiger partial charge in [0.1, 0.15) is 0 Å². The van der Waals surface area contributed by atoms with Crippen LogP contribution in [-0.2, 0) is 0 Å². The van der Waals surface area contributed by atoms with E-state index < -0.39 is 0 Å². The number of rotatable bonds is 4. The van der Waals surface area contributed by atoms with Crippen molar-refractivity contribution in [3.05, 3.63) is 23.4 Å². The van der Waals surface area contributed by atoms with E-state index in [1.54, 1.807) is 17.8 Å². The second-order valence-corrected chi connectivity index (χ2v) is 4.87. The molecule has 1 atom stereocenters. The minimum Gasteiger partial charge on any atom is -0.247 e. The zero-order chi connectivity index (χ0) is 11.3. The van der Waals surface area contributed by atoms with Gasteiger partial charge in [-0.1, -0.05) is 6.92 Å². The van der Waals surface area contributed by atoms with Crippen LogP contribution in [0.1, 0.15) is 18.2 Å². The fourth-order valence-electron chi connectivity index (χ4n) is 1.05. The minimum absolute atomic E-state index is 0.463. The number of nitrogens with zero attached hydrogens (tertiary/aromatic N) is 2. The van der Waals surface area contributed by atoms with Gasteiger partial charge >= 0.3 is 0 Å². The molecule has 0 aliphatic heterocycles. The molecule has 80 valence electrons. The molecule has 1 aromatic rings. The van der Waals surface area contributed by atoms with Crippen molar-refractivity contribution >= 4 is 23.4 Å². The van der Waals surface area contributed by atoms with Crippen molar-refractivity contribution < 1.29 is 0 Å². The smallest absolute Gasteiger partial charge is 0.0993 e. The molecule has 0 saturated heterocycles. The van der Waals surface area contributed by atoms with Crippen LogP contribution in [0.5, 0.6) is 0 Å². The molecule has 1 rings (SSSR count). The molecule has 0 radical (unpaired) electrons. The molecule has 15 heavy (non-hydrogen) atoms. The molecule has 1 unspecified atom stereocenters. The standard InChI is InChI=1S/C11H13ClN2S/c1-8(5-12)7-15-11-4-10(6-13)3-9(2)14-11/h3-4,8H,5,7H2,1-2H3. The predicted octanol–water partition coefficient (Wildman–Crippen LogP) is 3.23. The van der Waals surface area contributed by atoms with Gasteiger partial charge in [-0.25, -0.2) is 4.98 Å². The molecule has 1 heterocycles. The van der Waals surface area contributed by atoms with Gasteiger partial charge in [-0.15, -0.1) is 23.4 Å². The Morgan fingerprint density at radius 3 is 2.93 bits per heavy atom. The van der Waals surface area contributed by atoms with Gasteiger partial charge in [0.25, 0.3) is 0 Å². The monoisotopic (exact) mass is 240 g/mol. The lowest BCUT2D eigenvalue weighted by molar-refractivity contribution is 0.758. The van der Waals surface area contributed by atoms with Crippen LogP contribution >= 0.6 is 23.4 Å². The Bertz CT molecular complexity index is 373. The number of halogens is 1. The lowest BCUT2D eigenvalue weighted by atomic mass is 10.2. The summed E-state index contributed by atoms with van der Waals surface area (Å²) in [5.41, 5.74) is 1.55. The van der Waals surface area contributed by atoms with E-state index in [4.69, 9.17) is 16.9 Å². The van der Waals surface area contributed by atoms with E-state index in [-0.39, 0.29) is 0 Å². The number of alkyl halides is 1. The highest BCUT2D eigenvalue weighted by Gasteiger charge is 2.04. The molecule has 0 N–H and O–H groups in total. The van der Waals surface area contributed by atoms with Crippen LogP contribution in [0, 0.1) is 24.2 Å². The van der Waals surface area contributed by atoms with E-state index >= 15 is 0 Å². The molecule has 0 spiro atoms. The Morgan fingerprint density at radius 2 is 2.33 bits per heavy atom. The maximum Gasteiger partial charge on any atom is 0.0993 e. The molecule has 0 saturated carbocycles. The molecule has 2 nitrogen and oxygen atoms in total. The molecule has 0 bridgehead atoms. The Kier molecular flexibility index (Phi) is 4.93. The molecule has 0 aromatic carbocycles. The van der Waals surface area contributed by atoms with Gasteiger partial charge in [0, 0.05) is 17.3 Å². The number of thioether (sulfide) groups is 1. The molecule has 4 heteroatoms. The molecule has 0 aliphatic carbocycles. The lowest BCUT2D eigenvalue weighted by Gasteiger charge is -2.06. The normalized spacial score (nSPS) is 12.1. The molecular weight excluding hydrogens is 228 g/mol. The summed E-state index contributed by atoms with van der Waals surface area (Å²) in [5, 5.41) is 9.71. The van der Waals surface area contributed by atoms with Gasteiger partial charge in [-0.3, -0.25) is 0 Å². The van der Waals surface area contributed by atoms with Crippen LogP contribution in [0.15, 0.2) is 17.2 Å². The van der Waals surface area contributed by atoms with E-state index in [0.29, 0.717) is 17.4 Å². The van der Waals surface area contributed by atoms with Crippen LogP contribution < -0.4 is 0 Å². The van der Waals surface area contributed by atoms with Gasteiger partial charge in [0.05, 0.1) is 16.7 Å². The lowest BCUT2D eigenvalue weighted by Crippen LogP contribution is -2.00. The topological polar surface area (TPSA) is 36.7 Å². The number of nitriles is 1. The van der Waals surface area contributed by atoms with E-state index in [0.717, 1.165) is 16.5 Å². The van der Waals surface area contributed by atoms with Gasteiger partial charge in [-0.05, 0) is 25.0 Å². The van der Waals surface area contributed by atoms with Crippen LogP contribution in [0.3, 0.4) is 0 Å². The average molecular weight is 241 g/mol. The summed E-state index contributed by atoms with van der Waals surface area (Å²) in [6.07, 6.45) is 0. The summed E-state index contributed by atoms with van der Waals surface area (Å²) in [4.78, 5) is 4.36. The van der Waals surface area contributed by atoms with Crippen molar-refractivity contribution in [2.75, 3.05) is 11.6 Å². The summed E-state index contributed by atoms with van der Waals surface area (Å²) < 4.78 is 0. The number of aromatic nitrogens is 1. The van der Waals surface area contributed by atoms with Gasteiger partial charge in [0.15, 0.2) is 0 Å². The number of pyridine rings is 1. The van der Waals surface area contributed by atoms with E-state index in [2.05, 4.69) is 18.0 Å². The second-order valence-electron chi connectivity index (χ2n) is 3.52. The maximum atomic E-state index is 8.80. The van der Waals surface area contributed by atoms with Gasteiger partial charge in [0.2, 0.25) is 0 Å². The first-order chi connectivity index (χ1) is 7.15. The van der Waals surface area contributed by atoms with Crippen molar-refractivity contribution in [3.8, 4) is 6.07 Å². The third-order valence-electron chi connectivity index (χ3n) is 1.84. The summed E-state index contributed by atoms with van der Waals surface area (Å²) in [6.45, 7) is 4.00. The molecule has 0 aliphatic rings. The highest BCUT2D eigenvalue weighted by molar-refractivity contribution is 7.99. The van der Waals surface area contributed by atoms with Crippen LogP contribution in [-0.4, -0.2) is 16.6 Å². The largest absolute Gasteiger partial charge is 0.247 e. The number of hydrogen-bond acceptors (Lipinski definition) is 3. The number of hydrogen-bond donors (Lipinski definition) is 0. The number of aryl methyl sites for hydroxylation is 1. The fourth-order valence-corrected chi connectivity index (χ4v) is 2.28. The van der Waals surface area contributed by atoms with Gasteiger partial charge < -0.3 is 0 Å². The van der Waals surface area contributed by atoms with Crippen LogP contribution in [0.25, 0.3) is 0 Å². The zero-order valence-corrected chi connectivity index (χ0v) is 10.4. The Balaban J connectivity index is 2.69. The second kappa shape index (κ2) is 5.99. The van der Waals surface area contributed by atoms with Crippen molar-refractivity contribution in [2.45, 2.75) is 18.9 Å². The highest BCUT2D eigenvalue weighted by Crippen LogP contribution is 2.20. The van der Waals surface area contributed by atoms with Crippen molar-refractivity contribution in [1.29, 1.82) is 5.26 Å². The molecular formula is C11H13ClN2S. The average Bonchev–Trinajstić information content (AvgIpc) is 2.25. The third-order valence-corrected chi connectivity index (χ3v) is 3.61. The summed E-state index contributed by atoms with van der Waals surface area (Å²) in [6, 6.07) is 5.74. The van der Waals surface area contributed by atoms with E-state index in [9.17, 15) is 0 Å². The summed E-state index contributed by atoms with van der Waals surface area (Å²) in [7, 11) is 0. The molecule has 1 aromatic heterocycles. The summed E-state index contributed by atoms with van der Waals surface area (Å²) >= 11 is 7.37. The zero-order valence-electron chi connectivity index (χ0n) is 8.83. The molecule has 0 amide bonds. The van der Waals surface area contributed by atoms with E-state index in [1.165, 1.54) is 0 Å². The van der Waals surface area contributed by atoms with Crippen molar-refractivity contribution in [1.82, 2.24) is 4.98 Å². The molecule has 0 fully saturated rings. The van der Waals surface area contributed by atoms with E-state index in [1.807, 2.05) is 13.0 Å². The maximum absolute atomic E-state index is 8.80. The predicted molar refractivity (Wildman–Crippen MR) is 64.3 cm³/mol. The minimum atomic E-state index is 0.463. The van der Waals surface area contributed by atoms with Gasteiger partial charge in [-0.2, -0.15) is 5.26 Å². The van der Waals surface area contributed by atoms with Crippen LogP contribution in [0.4, 0.5) is 0 Å². The summed E-state index contributed by atoms with van der Waals surface area (Å²) in [5.74, 6) is 2.05. The quantitative estimate of drug-likeness (QED) is 0.599. The fraction of sp³-hybridized carbons (Fsp3) is 0.455. The third kappa shape index (κ3) is 4.11. The Hall–Kier alpha value is -0.720. The van der Waals surface area contributed by atoms with Crippen molar-refractivity contribution in [3.63, 3.8) is 0 Å². The Morgan fingerprint density at radius 1 is 1.60 bits per heavy atom. The first-order valence-corrected chi connectivity index (χ1v) is 6.25. The van der Waals surface area contributed by atoms with Crippen LogP contribution in [0.2, 0.25) is 0 Å². The Labute approximate surface area is 99.7 Å².